The molecule has 0 radical (unpaired) electrons. The minimum Gasteiger partial charge on any atom is -0.463 e. The fourth-order valence-corrected chi connectivity index (χ4v) is 1.58. The maximum Gasteiger partial charge on any atom is 0.302 e. The molecule has 1 heterocycles. The van der Waals surface area contributed by atoms with Gasteiger partial charge in [0.1, 0.15) is 12.2 Å². The number of carbonyl (C=O) groups is 1. The Morgan fingerprint density at radius 3 is 2.67 bits per heavy atom. The van der Waals surface area contributed by atoms with Crippen LogP contribution in [0.3, 0.4) is 0 Å². The molecular formula is C10H18O5. The van der Waals surface area contributed by atoms with Gasteiger partial charge in [0.2, 0.25) is 0 Å². The Labute approximate surface area is 89.3 Å². The van der Waals surface area contributed by atoms with Crippen molar-refractivity contribution in [3.63, 3.8) is 0 Å². The molecule has 0 aromatic heterocycles. The molecule has 0 unspecified atom stereocenters. The predicted octanol–water partition coefficient (Wildman–Crippen LogP) is 0.454. The molecule has 5 nitrogen and oxygen atoms in total. The lowest BCUT2D eigenvalue weighted by atomic mass is 10.00. The molecular weight excluding hydrogens is 200 g/mol. The van der Waals surface area contributed by atoms with Gasteiger partial charge in [0.25, 0.3) is 0 Å². The first-order valence-electron chi connectivity index (χ1n) is 4.97. The van der Waals surface area contributed by atoms with Crippen LogP contribution in [0.5, 0.6) is 0 Å². The summed E-state index contributed by atoms with van der Waals surface area (Å²) in [4.78, 5) is 10.7. The summed E-state index contributed by atoms with van der Waals surface area (Å²) >= 11 is 0. The zero-order chi connectivity index (χ0) is 11.5. The van der Waals surface area contributed by atoms with Crippen molar-refractivity contribution in [1.29, 1.82) is 0 Å². The van der Waals surface area contributed by atoms with E-state index in [1.54, 1.807) is 13.8 Å². The summed E-state index contributed by atoms with van der Waals surface area (Å²) in [5.41, 5.74) is -0.826. The van der Waals surface area contributed by atoms with E-state index in [0.29, 0.717) is 13.0 Å². The second kappa shape index (κ2) is 4.47. The first-order chi connectivity index (χ1) is 6.89. The maximum absolute atomic E-state index is 10.7. The lowest BCUT2D eigenvalue weighted by molar-refractivity contribution is -0.324. The molecule has 0 saturated carbocycles. The monoisotopic (exact) mass is 218 g/mol. The molecule has 0 aromatic rings. The van der Waals surface area contributed by atoms with Crippen molar-refractivity contribution >= 4 is 5.97 Å². The van der Waals surface area contributed by atoms with Crippen LogP contribution in [0.4, 0.5) is 0 Å². The maximum atomic E-state index is 10.7. The minimum absolute atomic E-state index is 0.0611. The van der Waals surface area contributed by atoms with Crippen LogP contribution in [-0.4, -0.2) is 42.3 Å². The van der Waals surface area contributed by atoms with Gasteiger partial charge in [0.15, 0.2) is 5.79 Å². The van der Waals surface area contributed by atoms with Gasteiger partial charge in [-0.2, -0.15) is 0 Å². The van der Waals surface area contributed by atoms with Crippen LogP contribution in [0.15, 0.2) is 0 Å². The Kier molecular flexibility index (Phi) is 3.70. The molecule has 1 aliphatic heterocycles. The minimum atomic E-state index is -0.826. The van der Waals surface area contributed by atoms with Gasteiger partial charge < -0.3 is 19.3 Å². The van der Waals surface area contributed by atoms with E-state index in [1.165, 1.54) is 6.92 Å². The van der Waals surface area contributed by atoms with Crippen molar-refractivity contribution in [2.24, 2.45) is 0 Å². The smallest absolute Gasteiger partial charge is 0.302 e. The van der Waals surface area contributed by atoms with Crippen LogP contribution in [0, 0.1) is 0 Å². The molecule has 1 N–H and O–H groups in total. The standard InChI is InChI=1S/C10H18O5/c1-8(12)13-7-10(6-11)4-5-14-9(2,3)15-10/h11H,4-7H2,1-3H3/t10-/m0/s1. The number of aliphatic hydroxyl groups is 1. The molecule has 1 atom stereocenters. The largest absolute Gasteiger partial charge is 0.463 e. The molecule has 1 saturated heterocycles. The third-order valence-electron chi connectivity index (χ3n) is 2.30. The lowest BCUT2D eigenvalue weighted by Crippen LogP contribution is -2.53. The first-order valence-corrected chi connectivity index (χ1v) is 4.97. The molecule has 15 heavy (non-hydrogen) atoms. The summed E-state index contributed by atoms with van der Waals surface area (Å²) in [5.74, 6) is -1.13. The number of esters is 1. The number of ether oxygens (including phenoxy) is 3. The molecule has 0 bridgehead atoms. The highest BCUT2D eigenvalue weighted by atomic mass is 16.7. The number of carbonyl (C=O) groups excluding carboxylic acids is 1. The first kappa shape index (κ1) is 12.4. The van der Waals surface area contributed by atoms with E-state index in [4.69, 9.17) is 14.2 Å². The zero-order valence-corrected chi connectivity index (χ0v) is 9.41. The van der Waals surface area contributed by atoms with Gasteiger partial charge in [0.05, 0.1) is 13.2 Å². The lowest BCUT2D eigenvalue weighted by Gasteiger charge is -2.43. The summed E-state index contributed by atoms with van der Waals surface area (Å²) in [6, 6.07) is 0. The summed E-state index contributed by atoms with van der Waals surface area (Å²) in [5, 5.41) is 9.31. The van der Waals surface area contributed by atoms with E-state index in [2.05, 4.69) is 0 Å². The average Bonchev–Trinajstić information content (AvgIpc) is 2.13. The van der Waals surface area contributed by atoms with Gasteiger partial charge in [-0.15, -0.1) is 0 Å². The third kappa shape index (κ3) is 3.44. The second-order valence-corrected chi connectivity index (χ2v) is 4.22. The number of aliphatic hydroxyl groups excluding tert-OH is 1. The van der Waals surface area contributed by atoms with Crippen LogP contribution in [0.25, 0.3) is 0 Å². The average molecular weight is 218 g/mol. The van der Waals surface area contributed by atoms with Crippen molar-refractivity contribution in [2.45, 2.75) is 38.6 Å². The van der Waals surface area contributed by atoms with Crippen molar-refractivity contribution in [1.82, 2.24) is 0 Å². The molecule has 0 amide bonds. The van der Waals surface area contributed by atoms with E-state index in [1.807, 2.05) is 0 Å². The van der Waals surface area contributed by atoms with Crippen LogP contribution in [0.2, 0.25) is 0 Å². The van der Waals surface area contributed by atoms with Crippen molar-refractivity contribution in [2.75, 3.05) is 19.8 Å². The van der Waals surface area contributed by atoms with E-state index in [-0.39, 0.29) is 19.2 Å². The van der Waals surface area contributed by atoms with E-state index < -0.39 is 11.4 Å². The predicted molar refractivity (Wildman–Crippen MR) is 52.2 cm³/mol. The van der Waals surface area contributed by atoms with E-state index in [0.717, 1.165) is 0 Å². The Balaban J connectivity index is 2.62. The zero-order valence-electron chi connectivity index (χ0n) is 9.41. The van der Waals surface area contributed by atoms with Gasteiger partial charge in [-0.3, -0.25) is 4.79 Å². The fourth-order valence-electron chi connectivity index (χ4n) is 1.58. The molecule has 5 heteroatoms. The molecule has 1 fully saturated rings. The highest BCUT2D eigenvalue weighted by Crippen LogP contribution is 2.30. The Morgan fingerprint density at radius 2 is 2.20 bits per heavy atom. The van der Waals surface area contributed by atoms with Gasteiger partial charge in [-0.25, -0.2) is 0 Å². The van der Waals surface area contributed by atoms with Crippen molar-refractivity contribution in [3.05, 3.63) is 0 Å². The molecule has 88 valence electrons. The Bertz CT molecular complexity index is 238. The quantitative estimate of drug-likeness (QED) is 0.697. The summed E-state index contributed by atoms with van der Waals surface area (Å²) in [6.45, 7) is 5.22. The van der Waals surface area contributed by atoms with Gasteiger partial charge in [-0.1, -0.05) is 0 Å². The molecule has 1 aliphatic rings. The van der Waals surface area contributed by atoms with Crippen molar-refractivity contribution < 1.29 is 24.1 Å². The van der Waals surface area contributed by atoms with Crippen LogP contribution >= 0.6 is 0 Å². The van der Waals surface area contributed by atoms with Crippen molar-refractivity contribution in [3.8, 4) is 0 Å². The number of hydrogen-bond acceptors (Lipinski definition) is 5. The molecule has 0 spiro atoms. The van der Waals surface area contributed by atoms with Gasteiger partial charge in [0, 0.05) is 13.3 Å². The number of rotatable bonds is 3. The summed E-state index contributed by atoms with van der Waals surface area (Å²) in [6.07, 6.45) is 0.514. The summed E-state index contributed by atoms with van der Waals surface area (Å²) < 4.78 is 15.9. The Hall–Kier alpha value is -0.650. The van der Waals surface area contributed by atoms with Gasteiger partial charge in [-0.05, 0) is 13.8 Å². The van der Waals surface area contributed by atoms with Crippen LogP contribution in [0.1, 0.15) is 27.2 Å². The van der Waals surface area contributed by atoms with Crippen LogP contribution < -0.4 is 0 Å². The SMILES string of the molecule is CC(=O)OC[C@@]1(CO)CCOC(C)(C)O1. The van der Waals surface area contributed by atoms with Gasteiger partial charge >= 0.3 is 5.97 Å². The second-order valence-electron chi connectivity index (χ2n) is 4.22. The third-order valence-corrected chi connectivity index (χ3v) is 2.30. The van der Waals surface area contributed by atoms with Crippen LogP contribution in [-0.2, 0) is 19.0 Å². The molecule has 0 aromatic carbocycles. The number of hydrogen-bond donors (Lipinski definition) is 1. The molecule has 0 aliphatic carbocycles. The molecule has 1 rings (SSSR count). The van der Waals surface area contributed by atoms with E-state index >= 15 is 0 Å². The Morgan fingerprint density at radius 1 is 1.53 bits per heavy atom. The highest BCUT2D eigenvalue weighted by Gasteiger charge is 2.42. The van der Waals surface area contributed by atoms with E-state index in [9.17, 15) is 9.90 Å². The topological polar surface area (TPSA) is 65.0 Å². The normalized spacial score (nSPS) is 29.9. The highest BCUT2D eigenvalue weighted by molar-refractivity contribution is 5.65. The summed E-state index contributed by atoms with van der Waals surface area (Å²) in [7, 11) is 0. The fraction of sp³-hybridized carbons (Fsp3) is 0.900.